The van der Waals surface area contributed by atoms with Crippen molar-refractivity contribution in [1.29, 1.82) is 0 Å². The standard InChI is InChI=1S/C12H22N2OS/c1-3-11-4-5-12(16-11)9-14-7-6-10(8-13)15-2/h4-5,10,14H,3,6-9,13H2,1-2H3. The van der Waals surface area contributed by atoms with Gasteiger partial charge in [-0.15, -0.1) is 11.3 Å². The highest BCUT2D eigenvalue weighted by Crippen LogP contribution is 2.16. The zero-order valence-electron chi connectivity index (χ0n) is 10.2. The molecule has 0 saturated heterocycles. The van der Waals surface area contributed by atoms with Gasteiger partial charge in [-0.05, 0) is 31.5 Å². The van der Waals surface area contributed by atoms with Crippen LogP contribution in [0.25, 0.3) is 0 Å². The number of methoxy groups -OCH3 is 1. The van der Waals surface area contributed by atoms with Crippen LogP contribution in [0.1, 0.15) is 23.1 Å². The van der Waals surface area contributed by atoms with Crippen LogP contribution in [0.3, 0.4) is 0 Å². The Morgan fingerprint density at radius 2 is 2.19 bits per heavy atom. The number of hydrogen-bond acceptors (Lipinski definition) is 4. The van der Waals surface area contributed by atoms with E-state index in [2.05, 4.69) is 24.4 Å². The molecule has 1 heterocycles. The number of hydrogen-bond donors (Lipinski definition) is 2. The largest absolute Gasteiger partial charge is 0.380 e. The number of nitrogens with one attached hydrogen (secondary N) is 1. The number of rotatable bonds is 8. The molecule has 1 aromatic rings. The summed E-state index contributed by atoms with van der Waals surface area (Å²) in [5.74, 6) is 0. The molecule has 1 rings (SSSR count). The maximum atomic E-state index is 5.55. The normalized spacial score (nSPS) is 12.9. The van der Waals surface area contributed by atoms with E-state index in [4.69, 9.17) is 10.5 Å². The minimum absolute atomic E-state index is 0.182. The number of nitrogens with two attached hydrogens (primary N) is 1. The quantitative estimate of drug-likeness (QED) is 0.683. The molecule has 0 spiro atoms. The lowest BCUT2D eigenvalue weighted by atomic mass is 10.2. The molecular formula is C12H22N2OS. The zero-order valence-corrected chi connectivity index (χ0v) is 11.0. The van der Waals surface area contributed by atoms with Gasteiger partial charge in [0.25, 0.3) is 0 Å². The summed E-state index contributed by atoms with van der Waals surface area (Å²) in [4.78, 5) is 2.85. The van der Waals surface area contributed by atoms with Crippen LogP contribution in [0.2, 0.25) is 0 Å². The van der Waals surface area contributed by atoms with Crippen molar-refractivity contribution in [2.75, 3.05) is 20.2 Å². The lowest BCUT2D eigenvalue weighted by Gasteiger charge is -2.12. The van der Waals surface area contributed by atoms with E-state index in [0.29, 0.717) is 6.54 Å². The van der Waals surface area contributed by atoms with Gasteiger partial charge in [-0.3, -0.25) is 0 Å². The third-order valence-corrected chi connectivity index (χ3v) is 3.83. The van der Waals surface area contributed by atoms with Gasteiger partial charge in [-0.25, -0.2) is 0 Å². The van der Waals surface area contributed by atoms with Crippen molar-refractivity contribution in [1.82, 2.24) is 5.32 Å². The summed E-state index contributed by atoms with van der Waals surface area (Å²) in [6, 6.07) is 4.41. The highest BCUT2D eigenvalue weighted by atomic mass is 32.1. The summed E-state index contributed by atoms with van der Waals surface area (Å²) < 4.78 is 5.21. The molecule has 0 aliphatic rings. The monoisotopic (exact) mass is 242 g/mol. The van der Waals surface area contributed by atoms with Crippen LogP contribution < -0.4 is 11.1 Å². The average molecular weight is 242 g/mol. The molecule has 0 fully saturated rings. The molecule has 0 bridgehead atoms. The molecule has 3 N–H and O–H groups in total. The Morgan fingerprint density at radius 1 is 1.44 bits per heavy atom. The Labute approximate surface area is 102 Å². The first-order valence-electron chi connectivity index (χ1n) is 5.81. The molecule has 0 aliphatic carbocycles. The molecule has 0 radical (unpaired) electrons. The third kappa shape index (κ3) is 4.61. The molecule has 0 aromatic carbocycles. The number of ether oxygens (including phenoxy) is 1. The predicted molar refractivity (Wildman–Crippen MR) is 69.9 cm³/mol. The second-order valence-electron chi connectivity index (χ2n) is 3.78. The van der Waals surface area contributed by atoms with Gasteiger partial charge >= 0.3 is 0 Å². The summed E-state index contributed by atoms with van der Waals surface area (Å²) in [5.41, 5.74) is 5.55. The summed E-state index contributed by atoms with van der Waals surface area (Å²) in [6.07, 6.45) is 2.28. The Bertz CT molecular complexity index is 284. The van der Waals surface area contributed by atoms with E-state index in [1.165, 1.54) is 9.75 Å². The second kappa shape index (κ2) is 7.79. The number of aryl methyl sites for hydroxylation is 1. The molecule has 1 unspecified atom stereocenters. The summed E-state index contributed by atoms with van der Waals surface area (Å²) >= 11 is 1.88. The van der Waals surface area contributed by atoms with Gasteiger partial charge in [0.2, 0.25) is 0 Å². The Balaban J connectivity index is 2.15. The van der Waals surface area contributed by atoms with Gasteiger partial charge in [0.05, 0.1) is 6.10 Å². The van der Waals surface area contributed by atoms with E-state index in [1.54, 1.807) is 7.11 Å². The van der Waals surface area contributed by atoms with Crippen LogP contribution in [0.15, 0.2) is 12.1 Å². The van der Waals surface area contributed by atoms with Gasteiger partial charge in [0.1, 0.15) is 0 Å². The molecule has 92 valence electrons. The topological polar surface area (TPSA) is 47.3 Å². The smallest absolute Gasteiger partial charge is 0.0705 e. The van der Waals surface area contributed by atoms with E-state index >= 15 is 0 Å². The van der Waals surface area contributed by atoms with Crippen molar-refractivity contribution in [3.63, 3.8) is 0 Å². The lowest BCUT2D eigenvalue weighted by molar-refractivity contribution is 0.102. The Kier molecular flexibility index (Phi) is 6.64. The molecule has 3 nitrogen and oxygen atoms in total. The van der Waals surface area contributed by atoms with Gasteiger partial charge in [-0.1, -0.05) is 6.92 Å². The first-order chi connectivity index (χ1) is 7.80. The molecule has 0 amide bonds. The maximum Gasteiger partial charge on any atom is 0.0705 e. The minimum atomic E-state index is 0.182. The molecule has 1 atom stereocenters. The van der Waals surface area contributed by atoms with Gasteiger partial charge < -0.3 is 15.8 Å². The Morgan fingerprint density at radius 3 is 2.75 bits per heavy atom. The highest BCUT2D eigenvalue weighted by Gasteiger charge is 2.03. The van der Waals surface area contributed by atoms with E-state index in [-0.39, 0.29) is 6.10 Å². The van der Waals surface area contributed by atoms with E-state index < -0.39 is 0 Å². The van der Waals surface area contributed by atoms with Crippen molar-refractivity contribution in [3.05, 3.63) is 21.9 Å². The summed E-state index contributed by atoms with van der Waals surface area (Å²) in [6.45, 7) is 4.69. The molecule has 16 heavy (non-hydrogen) atoms. The van der Waals surface area contributed by atoms with Gasteiger partial charge in [0, 0.05) is 30.0 Å². The molecule has 0 aliphatic heterocycles. The SMILES string of the molecule is CCc1ccc(CNCCC(CN)OC)s1. The van der Waals surface area contributed by atoms with Gasteiger partial charge in [-0.2, -0.15) is 0 Å². The van der Waals surface area contributed by atoms with Crippen LogP contribution in [0.4, 0.5) is 0 Å². The lowest BCUT2D eigenvalue weighted by Crippen LogP contribution is -2.27. The predicted octanol–water partition coefficient (Wildman–Crippen LogP) is 1.76. The third-order valence-electron chi connectivity index (χ3n) is 2.60. The Hall–Kier alpha value is -0.420. The van der Waals surface area contributed by atoms with E-state index in [1.807, 2.05) is 11.3 Å². The van der Waals surface area contributed by atoms with Crippen LogP contribution in [-0.4, -0.2) is 26.3 Å². The molecule has 0 saturated carbocycles. The molecular weight excluding hydrogens is 220 g/mol. The van der Waals surface area contributed by atoms with Crippen LogP contribution >= 0.6 is 11.3 Å². The summed E-state index contributed by atoms with van der Waals surface area (Å²) in [7, 11) is 1.71. The van der Waals surface area contributed by atoms with Gasteiger partial charge in [0.15, 0.2) is 0 Å². The highest BCUT2D eigenvalue weighted by molar-refractivity contribution is 7.11. The van der Waals surface area contributed by atoms with Crippen LogP contribution in [0, 0.1) is 0 Å². The van der Waals surface area contributed by atoms with E-state index in [0.717, 1.165) is 25.9 Å². The number of thiophene rings is 1. The van der Waals surface area contributed by atoms with Crippen molar-refractivity contribution < 1.29 is 4.74 Å². The minimum Gasteiger partial charge on any atom is -0.380 e. The van der Waals surface area contributed by atoms with Crippen LogP contribution in [0.5, 0.6) is 0 Å². The van der Waals surface area contributed by atoms with Crippen molar-refractivity contribution in [2.45, 2.75) is 32.4 Å². The van der Waals surface area contributed by atoms with Crippen molar-refractivity contribution in [3.8, 4) is 0 Å². The average Bonchev–Trinajstić information content (AvgIpc) is 2.77. The summed E-state index contributed by atoms with van der Waals surface area (Å²) in [5, 5.41) is 3.41. The first kappa shape index (κ1) is 13.6. The first-order valence-corrected chi connectivity index (χ1v) is 6.63. The fraction of sp³-hybridized carbons (Fsp3) is 0.667. The van der Waals surface area contributed by atoms with Crippen LogP contribution in [-0.2, 0) is 17.7 Å². The molecule has 4 heteroatoms. The van der Waals surface area contributed by atoms with E-state index in [9.17, 15) is 0 Å². The zero-order chi connectivity index (χ0) is 11.8. The molecule has 1 aromatic heterocycles. The van der Waals surface area contributed by atoms with Crippen molar-refractivity contribution in [2.24, 2.45) is 5.73 Å². The van der Waals surface area contributed by atoms with Crippen molar-refractivity contribution >= 4 is 11.3 Å². The maximum absolute atomic E-state index is 5.55. The fourth-order valence-electron chi connectivity index (χ4n) is 1.51. The fourth-order valence-corrected chi connectivity index (χ4v) is 2.44. The second-order valence-corrected chi connectivity index (χ2v) is 5.03.